The average Bonchev–Trinajstić information content (AvgIpc) is 3.62. The predicted octanol–water partition coefficient (Wildman–Crippen LogP) is 1.72. The van der Waals surface area contributed by atoms with Crippen LogP contribution in [0.3, 0.4) is 0 Å². The van der Waals surface area contributed by atoms with Gasteiger partial charge in [0, 0.05) is 24.9 Å². The second-order valence-electron chi connectivity index (χ2n) is 9.75. The van der Waals surface area contributed by atoms with E-state index < -0.39 is 6.10 Å². The molecule has 0 aromatic heterocycles. The molecule has 0 bridgehead atoms. The van der Waals surface area contributed by atoms with Crippen LogP contribution in [-0.2, 0) is 9.59 Å². The summed E-state index contributed by atoms with van der Waals surface area (Å²) >= 11 is 0. The lowest BCUT2D eigenvalue weighted by atomic mass is 9.91. The van der Waals surface area contributed by atoms with Crippen LogP contribution in [0.15, 0.2) is 29.3 Å². The normalized spacial score (nSPS) is 25.3. The summed E-state index contributed by atoms with van der Waals surface area (Å²) in [7, 11) is 2.00. The molecule has 2 fully saturated rings. The van der Waals surface area contributed by atoms with Gasteiger partial charge in [-0.3, -0.25) is 29.7 Å². The Bertz CT molecular complexity index is 871. The molecule has 8 nitrogen and oxygen atoms in total. The zero-order valence-corrected chi connectivity index (χ0v) is 19.7. The van der Waals surface area contributed by atoms with Gasteiger partial charge >= 0.3 is 0 Å². The maximum atomic E-state index is 13.3. The molecular weight excluding hydrogens is 418 g/mol. The number of unbranched alkanes of at least 4 members (excludes halogenated alkanes) is 1. The van der Waals surface area contributed by atoms with E-state index in [0.717, 1.165) is 43.4 Å². The Hall–Kier alpha value is -2.29. The Morgan fingerprint density at radius 3 is 2.85 bits per heavy atom. The summed E-state index contributed by atoms with van der Waals surface area (Å²) in [5.41, 5.74) is 1.73. The quantitative estimate of drug-likeness (QED) is 0.527. The predicted molar refractivity (Wildman–Crippen MR) is 129 cm³/mol. The molecule has 1 aliphatic carbocycles. The van der Waals surface area contributed by atoms with Gasteiger partial charge in [0.1, 0.15) is 12.7 Å². The van der Waals surface area contributed by atoms with Crippen LogP contribution in [0.5, 0.6) is 0 Å². The number of aliphatic hydroxyl groups excluding tert-OH is 1. The summed E-state index contributed by atoms with van der Waals surface area (Å²) in [6, 6.07) is 7.75. The number of aliphatic imine (C=N–C) groups is 1. The van der Waals surface area contributed by atoms with Crippen molar-refractivity contribution in [2.24, 2.45) is 16.8 Å². The topological polar surface area (TPSA) is 97.3 Å². The number of hydrogen-bond donors (Lipinski definition) is 3. The van der Waals surface area contributed by atoms with Crippen molar-refractivity contribution in [2.45, 2.75) is 63.9 Å². The third-order valence-corrected chi connectivity index (χ3v) is 6.86. The number of nitrogens with zero attached hydrogens (tertiary/aromatic N) is 3. The first-order chi connectivity index (χ1) is 16.0. The Balaban J connectivity index is 1.47. The van der Waals surface area contributed by atoms with Crippen molar-refractivity contribution >= 4 is 23.7 Å². The van der Waals surface area contributed by atoms with E-state index in [2.05, 4.69) is 27.4 Å². The molecule has 4 atom stereocenters. The van der Waals surface area contributed by atoms with E-state index in [1.165, 1.54) is 0 Å². The van der Waals surface area contributed by atoms with Gasteiger partial charge in [-0.15, -0.1) is 0 Å². The van der Waals surface area contributed by atoms with Gasteiger partial charge in [-0.25, -0.2) is 0 Å². The number of anilines is 1. The van der Waals surface area contributed by atoms with Gasteiger partial charge in [0.15, 0.2) is 0 Å². The van der Waals surface area contributed by atoms with Crippen molar-refractivity contribution in [3.63, 3.8) is 0 Å². The molecule has 0 radical (unpaired) electrons. The van der Waals surface area contributed by atoms with Gasteiger partial charge in [0.25, 0.3) is 0 Å². The summed E-state index contributed by atoms with van der Waals surface area (Å²) in [6.07, 6.45) is 6.14. The summed E-state index contributed by atoms with van der Waals surface area (Å²) in [5.74, 6) is 0.00196. The van der Waals surface area contributed by atoms with E-state index in [1.807, 2.05) is 31.3 Å². The Kier molecular flexibility index (Phi) is 7.78. The SMILES string of the molecule is CCCC[C@H](O)[C@@H](CC1CC1)C(=O)N[C@H]1CN(C)C[C@@H](N2C(=O)CN=Cc3ccccc32)N1. The lowest BCUT2D eigenvalue weighted by Gasteiger charge is -2.43. The fourth-order valence-corrected chi connectivity index (χ4v) is 4.90. The smallest absolute Gasteiger partial charge is 0.250 e. The fraction of sp³-hybridized carbons (Fsp3) is 0.640. The maximum absolute atomic E-state index is 13.3. The molecule has 33 heavy (non-hydrogen) atoms. The van der Waals surface area contributed by atoms with Crippen molar-refractivity contribution in [3.05, 3.63) is 29.8 Å². The Labute approximate surface area is 196 Å². The molecule has 0 unspecified atom stereocenters. The molecule has 3 aliphatic rings. The number of benzene rings is 1. The largest absolute Gasteiger partial charge is 0.392 e. The minimum absolute atomic E-state index is 0.0734. The van der Waals surface area contributed by atoms with Crippen LogP contribution in [0.1, 0.15) is 51.0 Å². The van der Waals surface area contributed by atoms with E-state index in [4.69, 9.17) is 0 Å². The molecular formula is C25H37N5O3. The number of carbonyl (C=O) groups excluding carboxylic acids is 2. The van der Waals surface area contributed by atoms with E-state index in [-0.39, 0.29) is 36.6 Å². The first kappa shape index (κ1) is 23.9. The molecule has 8 heteroatoms. The van der Waals surface area contributed by atoms with Crippen molar-refractivity contribution in [2.75, 3.05) is 31.6 Å². The molecule has 2 amide bonds. The molecule has 2 heterocycles. The third-order valence-electron chi connectivity index (χ3n) is 6.86. The molecule has 2 aliphatic heterocycles. The molecule has 180 valence electrons. The number of para-hydroxylation sites is 1. The van der Waals surface area contributed by atoms with Crippen LogP contribution in [0, 0.1) is 11.8 Å². The number of amides is 2. The molecule has 1 saturated carbocycles. The summed E-state index contributed by atoms with van der Waals surface area (Å²) in [4.78, 5) is 34.4. The molecule has 0 spiro atoms. The standard InChI is InChI=1S/C25H37N5O3/c1-3-4-9-21(31)19(12-17-10-11-17)25(33)28-22-15-29(2)16-23(27-22)30-20-8-6-5-7-18(20)13-26-14-24(30)32/h5-8,13,17,19,21-23,27,31H,3-4,9-12,14-16H2,1-2H3,(H,28,33)/t19-,21+,22+,23-/m1/s1. The number of nitrogens with one attached hydrogen (secondary N) is 2. The third kappa shape index (κ3) is 5.99. The summed E-state index contributed by atoms with van der Waals surface area (Å²) in [5, 5.41) is 17.4. The van der Waals surface area contributed by atoms with Crippen molar-refractivity contribution in [1.29, 1.82) is 0 Å². The zero-order valence-electron chi connectivity index (χ0n) is 19.7. The molecule has 1 saturated heterocycles. The van der Waals surface area contributed by atoms with E-state index in [0.29, 0.717) is 25.4 Å². The molecule has 1 aromatic carbocycles. The van der Waals surface area contributed by atoms with Crippen molar-refractivity contribution in [1.82, 2.24) is 15.5 Å². The first-order valence-corrected chi connectivity index (χ1v) is 12.3. The van der Waals surface area contributed by atoms with Crippen LogP contribution < -0.4 is 15.5 Å². The maximum Gasteiger partial charge on any atom is 0.250 e. The van der Waals surface area contributed by atoms with Gasteiger partial charge in [0.2, 0.25) is 11.8 Å². The van der Waals surface area contributed by atoms with Gasteiger partial charge in [-0.2, -0.15) is 0 Å². The summed E-state index contributed by atoms with van der Waals surface area (Å²) in [6.45, 7) is 3.46. The molecule has 4 rings (SSSR count). The Morgan fingerprint density at radius 2 is 2.09 bits per heavy atom. The first-order valence-electron chi connectivity index (χ1n) is 12.3. The van der Waals surface area contributed by atoms with Crippen LogP contribution in [-0.4, -0.2) is 73.2 Å². The van der Waals surface area contributed by atoms with Gasteiger partial charge in [0.05, 0.1) is 23.9 Å². The van der Waals surface area contributed by atoms with Crippen LogP contribution in [0.25, 0.3) is 0 Å². The number of aliphatic hydroxyl groups is 1. The van der Waals surface area contributed by atoms with E-state index in [1.54, 1.807) is 11.1 Å². The highest BCUT2D eigenvalue weighted by Gasteiger charge is 2.37. The van der Waals surface area contributed by atoms with Crippen LogP contribution >= 0.6 is 0 Å². The van der Waals surface area contributed by atoms with E-state index >= 15 is 0 Å². The lowest BCUT2D eigenvalue weighted by Crippen LogP contribution is -2.68. The zero-order chi connectivity index (χ0) is 23.4. The van der Waals surface area contributed by atoms with Crippen LogP contribution in [0.2, 0.25) is 0 Å². The highest BCUT2D eigenvalue weighted by atomic mass is 16.3. The molecule has 1 aromatic rings. The number of rotatable bonds is 9. The minimum atomic E-state index is -0.612. The highest BCUT2D eigenvalue weighted by molar-refractivity contribution is 6.03. The second-order valence-corrected chi connectivity index (χ2v) is 9.75. The highest BCUT2D eigenvalue weighted by Crippen LogP contribution is 2.37. The van der Waals surface area contributed by atoms with Gasteiger partial charge in [-0.05, 0) is 31.9 Å². The van der Waals surface area contributed by atoms with Crippen LogP contribution in [0.4, 0.5) is 5.69 Å². The summed E-state index contributed by atoms with van der Waals surface area (Å²) < 4.78 is 0. The lowest BCUT2D eigenvalue weighted by molar-refractivity contribution is -0.130. The van der Waals surface area contributed by atoms with Gasteiger partial charge in [-0.1, -0.05) is 50.8 Å². The number of carbonyl (C=O) groups is 2. The molecule has 3 N–H and O–H groups in total. The Morgan fingerprint density at radius 1 is 1.30 bits per heavy atom. The number of hydrogen-bond acceptors (Lipinski definition) is 6. The van der Waals surface area contributed by atoms with E-state index in [9.17, 15) is 14.7 Å². The monoisotopic (exact) mass is 455 g/mol. The second kappa shape index (κ2) is 10.8. The fourth-order valence-electron chi connectivity index (χ4n) is 4.90. The van der Waals surface area contributed by atoms with Gasteiger partial charge < -0.3 is 10.4 Å². The average molecular weight is 456 g/mol. The van der Waals surface area contributed by atoms with Crippen molar-refractivity contribution in [3.8, 4) is 0 Å². The number of piperazine rings is 1. The number of likely N-dealkylation sites (N-methyl/N-ethyl adjacent to an activating group) is 1. The minimum Gasteiger partial charge on any atom is -0.392 e. The number of benzodiazepines with no additional fused rings is 1. The number of fused-ring (bicyclic) bond motifs is 1. The van der Waals surface area contributed by atoms with Crippen molar-refractivity contribution < 1.29 is 14.7 Å².